The Hall–Kier alpha value is -3.62. The van der Waals surface area contributed by atoms with Crippen LogP contribution in [0.4, 0.5) is 13.2 Å². The molecule has 2 aromatic heterocycles. The zero-order chi connectivity index (χ0) is 20.4. The molecular formula is C20H14F3N3O3. The Kier molecular flexibility index (Phi) is 4.79. The third-order valence-corrected chi connectivity index (χ3v) is 4.04. The molecule has 29 heavy (non-hydrogen) atoms. The topological polar surface area (TPSA) is 70.3 Å². The normalized spacial score (nSPS) is 11.6. The van der Waals surface area contributed by atoms with Crippen molar-refractivity contribution in [3.8, 4) is 22.8 Å². The van der Waals surface area contributed by atoms with Crippen molar-refractivity contribution >= 4 is 11.0 Å². The average Bonchev–Trinajstić information content (AvgIpc) is 3.08. The highest BCUT2D eigenvalue weighted by Gasteiger charge is 2.30. The van der Waals surface area contributed by atoms with E-state index in [0.717, 1.165) is 11.3 Å². The third-order valence-electron chi connectivity index (χ3n) is 4.04. The number of rotatable bonds is 5. The minimum absolute atomic E-state index is 0.122. The lowest BCUT2D eigenvalue weighted by atomic mass is 10.0. The Bertz CT molecular complexity index is 1140. The van der Waals surface area contributed by atoms with Gasteiger partial charge in [0.2, 0.25) is 0 Å². The maximum atomic E-state index is 12.3. The van der Waals surface area contributed by atoms with Crippen LogP contribution >= 0.6 is 0 Å². The molecule has 0 saturated carbocycles. The first kappa shape index (κ1) is 18.7. The molecule has 0 aliphatic carbocycles. The molecule has 6 nitrogen and oxygen atoms in total. The Morgan fingerprint density at radius 1 is 1.00 bits per heavy atom. The van der Waals surface area contributed by atoms with Crippen molar-refractivity contribution in [3.05, 3.63) is 66.2 Å². The van der Waals surface area contributed by atoms with Crippen LogP contribution in [0.3, 0.4) is 0 Å². The number of hydrogen-bond acceptors (Lipinski definition) is 6. The molecule has 0 aliphatic heterocycles. The zero-order valence-corrected chi connectivity index (χ0v) is 15.1. The summed E-state index contributed by atoms with van der Waals surface area (Å²) in [5.74, 6) is 0.510. The van der Waals surface area contributed by atoms with Crippen molar-refractivity contribution in [1.82, 2.24) is 15.1 Å². The van der Waals surface area contributed by atoms with Crippen molar-refractivity contribution in [3.63, 3.8) is 0 Å². The van der Waals surface area contributed by atoms with Crippen molar-refractivity contribution in [2.24, 2.45) is 0 Å². The van der Waals surface area contributed by atoms with E-state index in [9.17, 15) is 13.2 Å². The summed E-state index contributed by atoms with van der Waals surface area (Å²) >= 11 is 0. The monoisotopic (exact) mass is 401 g/mol. The molecule has 9 heteroatoms. The summed E-state index contributed by atoms with van der Waals surface area (Å²) in [7, 11) is 0. The molecule has 0 amide bonds. The molecule has 0 radical (unpaired) electrons. The predicted octanol–water partition coefficient (Wildman–Crippen LogP) is 5.07. The number of aromatic nitrogens is 3. The summed E-state index contributed by atoms with van der Waals surface area (Å²) in [6.45, 7) is 1.98. The highest BCUT2D eigenvalue weighted by molar-refractivity contribution is 5.87. The van der Waals surface area contributed by atoms with Gasteiger partial charge >= 0.3 is 6.36 Å². The van der Waals surface area contributed by atoms with Gasteiger partial charge in [0, 0.05) is 11.9 Å². The van der Waals surface area contributed by atoms with Gasteiger partial charge < -0.3 is 14.0 Å². The molecule has 2 aromatic carbocycles. The number of halogens is 3. The minimum atomic E-state index is -4.73. The van der Waals surface area contributed by atoms with Gasteiger partial charge in [-0.3, -0.25) is 0 Å². The second kappa shape index (κ2) is 7.42. The number of alkyl halides is 3. The van der Waals surface area contributed by atoms with Crippen LogP contribution in [0, 0.1) is 6.92 Å². The lowest BCUT2D eigenvalue weighted by Crippen LogP contribution is -2.16. The first-order chi connectivity index (χ1) is 13.9. The first-order valence-electron chi connectivity index (χ1n) is 8.54. The number of aryl methyl sites for hydroxylation is 1. The van der Waals surface area contributed by atoms with E-state index < -0.39 is 6.36 Å². The van der Waals surface area contributed by atoms with Gasteiger partial charge in [0.05, 0.1) is 5.39 Å². The van der Waals surface area contributed by atoms with Crippen molar-refractivity contribution in [1.29, 1.82) is 0 Å². The Balaban J connectivity index is 1.56. The van der Waals surface area contributed by atoms with Gasteiger partial charge in [0.25, 0.3) is 5.88 Å². The summed E-state index contributed by atoms with van der Waals surface area (Å²) in [5, 5.41) is 4.55. The van der Waals surface area contributed by atoms with E-state index >= 15 is 0 Å². The van der Waals surface area contributed by atoms with Gasteiger partial charge in [-0.05, 0) is 53.5 Å². The van der Waals surface area contributed by atoms with E-state index in [1.165, 1.54) is 24.3 Å². The predicted molar refractivity (Wildman–Crippen MR) is 97.2 cm³/mol. The smallest absolute Gasteiger partial charge is 0.467 e. The van der Waals surface area contributed by atoms with E-state index in [0.29, 0.717) is 22.4 Å². The summed E-state index contributed by atoms with van der Waals surface area (Å²) in [4.78, 5) is 8.40. The lowest BCUT2D eigenvalue weighted by molar-refractivity contribution is -0.274. The summed E-state index contributed by atoms with van der Waals surface area (Å²) < 4.78 is 51.8. The molecule has 148 valence electrons. The highest BCUT2D eigenvalue weighted by atomic mass is 19.4. The highest BCUT2D eigenvalue weighted by Crippen LogP contribution is 2.32. The fourth-order valence-electron chi connectivity index (χ4n) is 2.75. The first-order valence-corrected chi connectivity index (χ1v) is 8.54. The zero-order valence-electron chi connectivity index (χ0n) is 15.1. The molecule has 4 rings (SSSR count). The maximum absolute atomic E-state index is 12.3. The van der Waals surface area contributed by atoms with Crippen LogP contribution in [0.25, 0.3) is 22.1 Å². The molecule has 0 aliphatic rings. The molecule has 2 heterocycles. The van der Waals surface area contributed by atoms with Crippen LogP contribution in [0.5, 0.6) is 11.6 Å². The van der Waals surface area contributed by atoms with Gasteiger partial charge in [-0.1, -0.05) is 18.2 Å². The maximum Gasteiger partial charge on any atom is 0.573 e. The van der Waals surface area contributed by atoms with E-state index in [1.54, 1.807) is 30.5 Å². The fourth-order valence-corrected chi connectivity index (χ4v) is 2.75. The number of ether oxygens (including phenoxy) is 2. The Morgan fingerprint density at radius 2 is 1.76 bits per heavy atom. The summed E-state index contributed by atoms with van der Waals surface area (Å²) in [5.41, 5.74) is 2.81. The van der Waals surface area contributed by atoms with Crippen LogP contribution in [0.1, 0.15) is 11.5 Å². The van der Waals surface area contributed by atoms with Crippen LogP contribution < -0.4 is 9.47 Å². The quantitative estimate of drug-likeness (QED) is 0.465. The van der Waals surface area contributed by atoms with Crippen LogP contribution in [0.15, 0.2) is 59.3 Å². The van der Waals surface area contributed by atoms with Gasteiger partial charge in [0.1, 0.15) is 12.4 Å². The average molecular weight is 401 g/mol. The number of nitrogens with zero attached hydrogens (tertiary/aromatic N) is 3. The second-order valence-electron chi connectivity index (χ2n) is 6.17. The van der Waals surface area contributed by atoms with Crippen molar-refractivity contribution < 1.29 is 27.2 Å². The van der Waals surface area contributed by atoms with Gasteiger partial charge in [-0.25, -0.2) is 9.97 Å². The molecule has 0 bridgehead atoms. The number of benzene rings is 2. The molecule has 0 saturated heterocycles. The largest absolute Gasteiger partial charge is 0.573 e. The minimum Gasteiger partial charge on any atom is -0.467 e. The Morgan fingerprint density at radius 3 is 2.48 bits per heavy atom. The molecule has 4 aromatic rings. The lowest BCUT2D eigenvalue weighted by Gasteiger charge is -2.09. The molecule has 0 N–H and O–H groups in total. The SMILES string of the molecule is Cc1ccnc(COc2noc3ccc(-c4ccc(OC(F)(F)F)cc4)cc23)n1. The van der Waals surface area contributed by atoms with Gasteiger partial charge in [-0.15, -0.1) is 13.2 Å². The Labute approximate surface area is 162 Å². The molecule has 0 unspecified atom stereocenters. The standard InChI is InChI=1S/C20H14F3N3O3/c1-12-8-9-24-18(25-12)11-27-19-16-10-14(4-7-17(16)29-26-19)13-2-5-15(6-3-13)28-20(21,22)23/h2-10H,11H2,1H3. The molecular weight excluding hydrogens is 387 g/mol. The van der Waals surface area contributed by atoms with Crippen LogP contribution in [0.2, 0.25) is 0 Å². The number of hydrogen-bond donors (Lipinski definition) is 0. The van der Waals surface area contributed by atoms with E-state index in [4.69, 9.17) is 9.26 Å². The van der Waals surface area contributed by atoms with Crippen molar-refractivity contribution in [2.45, 2.75) is 19.9 Å². The van der Waals surface area contributed by atoms with Gasteiger partial charge in [-0.2, -0.15) is 0 Å². The molecule has 0 atom stereocenters. The van der Waals surface area contributed by atoms with E-state index in [-0.39, 0.29) is 18.2 Å². The number of fused-ring (bicyclic) bond motifs is 1. The summed E-state index contributed by atoms with van der Waals surface area (Å²) in [6.07, 6.45) is -3.08. The molecule has 0 fully saturated rings. The van der Waals surface area contributed by atoms with Crippen LogP contribution in [-0.4, -0.2) is 21.5 Å². The van der Waals surface area contributed by atoms with E-state index in [1.807, 2.05) is 6.92 Å². The summed E-state index contributed by atoms with van der Waals surface area (Å²) in [6, 6.07) is 12.7. The molecule has 0 spiro atoms. The van der Waals surface area contributed by atoms with E-state index in [2.05, 4.69) is 19.9 Å². The van der Waals surface area contributed by atoms with Crippen LogP contribution in [-0.2, 0) is 6.61 Å². The fraction of sp³-hybridized carbons (Fsp3) is 0.150. The second-order valence-corrected chi connectivity index (χ2v) is 6.17. The van der Waals surface area contributed by atoms with Gasteiger partial charge in [0.15, 0.2) is 11.4 Å². The third kappa shape index (κ3) is 4.45. The van der Waals surface area contributed by atoms with Crippen molar-refractivity contribution in [2.75, 3.05) is 0 Å².